The second-order valence-electron chi connectivity index (χ2n) is 3.47. The number of benzene rings is 1. The van der Waals surface area contributed by atoms with E-state index >= 15 is 0 Å². The minimum atomic E-state index is -1.11. The molecule has 1 aromatic rings. The van der Waals surface area contributed by atoms with Gasteiger partial charge in [0, 0.05) is 0 Å². The van der Waals surface area contributed by atoms with Gasteiger partial charge in [-0.25, -0.2) is 0 Å². The summed E-state index contributed by atoms with van der Waals surface area (Å²) in [5, 5.41) is 42.6. The monoisotopic (exact) mass is 230 g/mol. The zero-order valence-electron chi connectivity index (χ0n) is 8.95. The van der Waals surface area contributed by atoms with Gasteiger partial charge in [0.1, 0.15) is 5.75 Å². The molecular weight excluding hydrogens is 212 g/mol. The first-order chi connectivity index (χ1) is 7.64. The fraction of sp³-hybridized carbons (Fsp3) is 0.455. The Morgan fingerprint density at radius 1 is 0.750 bits per heavy atom. The molecule has 1 rings (SSSR count). The van der Waals surface area contributed by atoms with Gasteiger partial charge in [-0.05, 0) is 12.1 Å². The van der Waals surface area contributed by atoms with Crippen LogP contribution in [0.5, 0.6) is 5.75 Å². The Morgan fingerprint density at radius 2 is 1.12 bits per heavy atom. The molecule has 0 heterocycles. The first kappa shape index (κ1) is 14.9. The van der Waals surface area contributed by atoms with E-state index in [4.69, 9.17) is 25.5 Å². The lowest BCUT2D eigenvalue weighted by Gasteiger charge is -2.23. The van der Waals surface area contributed by atoms with E-state index in [1.54, 1.807) is 24.3 Å². The van der Waals surface area contributed by atoms with E-state index in [2.05, 4.69) is 0 Å². The highest BCUT2D eigenvalue weighted by atomic mass is 16.3. The summed E-state index contributed by atoms with van der Waals surface area (Å²) in [5.41, 5.74) is -1.11. The fourth-order valence-corrected chi connectivity index (χ4v) is 0.728. The molecular formula is C11H18O5. The van der Waals surface area contributed by atoms with E-state index in [1.807, 2.05) is 6.07 Å². The van der Waals surface area contributed by atoms with Gasteiger partial charge >= 0.3 is 0 Å². The third kappa shape index (κ3) is 5.09. The highest BCUT2D eigenvalue weighted by Crippen LogP contribution is 2.11. The first-order valence-corrected chi connectivity index (χ1v) is 4.81. The average molecular weight is 230 g/mol. The maximum atomic E-state index is 8.63. The van der Waals surface area contributed by atoms with Gasteiger partial charge in [0.25, 0.3) is 0 Å². The van der Waals surface area contributed by atoms with Crippen LogP contribution in [0, 0.1) is 5.41 Å². The lowest BCUT2D eigenvalue weighted by molar-refractivity contribution is -0.0328. The Hall–Kier alpha value is -1.14. The number of hydrogen-bond donors (Lipinski definition) is 5. The van der Waals surface area contributed by atoms with Crippen LogP contribution in [0.3, 0.4) is 0 Å². The molecule has 0 fully saturated rings. The van der Waals surface area contributed by atoms with E-state index in [1.165, 1.54) is 0 Å². The van der Waals surface area contributed by atoms with Crippen LogP contribution in [-0.4, -0.2) is 52.0 Å². The summed E-state index contributed by atoms with van der Waals surface area (Å²) in [6.07, 6.45) is 0. The first-order valence-electron chi connectivity index (χ1n) is 4.81. The molecule has 0 bridgehead atoms. The molecule has 0 saturated heterocycles. The molecule has 1 aromatic carbocycles. The summed E-state index contributed by atoms with van der Waals surface area (Å²) in [6.45, 7) is -1.62. The minimum Gasteiger partial charge on any atom is -0.508 e. The predicted molar refractivity (Wildman–Crippen MR) is 58.9 cm³/mol. The van der Waals surface area contributed by atoms with Gasteiger partial charge in [-0.3, -0.25) is 0 Å². The van der Waals surface area contributed by atoms with Crippen LogP contribution in [0.1, 0.15) is 0 Å². The van der Waals surface area contributed by atoms with Crippen LogP contribution in [-0.2, 0) is 0 Å². The molecule has 92 valence electrons. The molecule has 0 aliphatic heterocycles. The van der Waals surface area contributed by atoms with Crippen LogP contribution in [0.15, 0.2) is 30.3 Å². The molecule has 0 aliphatic carbocycles. The molecule has 0 aromatic heterocycles. The Kier molecular flexibility index (Phi) is 7.49. The van der Waals surface area contributed by atoms with E-state index < -0.39 is 31.8 Å². The van der Waals surface area contributed by atoms with E-state index in [9.17, 15) is 0 Å². The largest absolute Gasteiger partial charge is 0.508 e. The zero-order valence-corrected chi connectivity index (χ0v) is 8.95. The smallest absolute Gasteiger partial charge is 0.115 e. The molecule has 0 aliphatic rings. The highest BCUT2D eigenvalue weighted by molar-refractivity contribution is 5.18. The molecule has 5 N–H and O–H groups in total. The highest BCUT2D eigenvalue weighted by Gasteiger charge is 2.26. The lowest BCUT2D eigenvalue weighted by atomic mass is 9.93. The topological polar surface area (TPSA) is 101 Å². The number of aliphatic hydroxyl groups excluding tert-OH is 4. The maximum Gasteiger partial charge on any atom is 0.115 e. The number of para-hydroxylation sites is 1. The Morgan fingerprint density at radius 3 is 1.25 bits per heavy atom. The van der Waals surface area contributed by atoms with Gasteiger partial charge < -0.3 is 25.5 Å². The minimum absolute atomic E-state index is 0.322. The number of phenols is 1. The number of aromatic hydroxyl groups is 1. The molecule has 0 amide bonds. The third-order valence-electron chi connectivity index (χ3n) is 2.10. The maximum absolute atomic E-state index is 8.63. The summed E-state index contributed by atoms with van der Waals surface area (Å²) >= 11 is 0. The van der Waals surface area contributed by atoms with Gasteiger partial charge in [0.2, 0.25) is 0 Å². The summed E-state index contributed by atoms with van der Waals surface area (Å²) in [6, 6.07) is 8.71. The molecule has 0 unspecified atom stereocenters. The molecule has 16 heavy (non-hydrogen) atoms. The SMILES string of the molecule is OCC(CO)(CO)CO.Oc1ccccc1. The summed E-state index contributed by atoms with van der Waals surface area (Å²) in [5.74, 6) is 0.322. The second-order valence-corrected chi connectivity index (χ2v) is 3.47. The number of hydrogen-bond acceptors (Lipinski definition) is 5. The zero-order chi connectivity index (χ0) is 12.4. The van der Waals surface area contributed by atoms with Crippen molar-refractivity contribution in [1.29, 1.82) is 0 Å². The Bertz CT molecular complexity index is 241. The van der Waals surface area contributed by atoms with Crippen LogP contribution < -0.4 is 0 Å². The predicted octanol–water partition coefficient (Wildman–Crippen LogP) is -0.666. The van der Waals surface area contributed by atoms with Crippen molar-refractivity contribution in [3.63, 3.8) is 0 Å². The summed E-state index contributed by atoms with van der Waals surface area (Å²) in [7, 11) is 0. The van der Waals surface area contributed by atoms with Gasteiger partial charge in [0.15, 0.2) is 0 Å². The van der Waals surface area contributed by atoms with E-state index in [0.29, 0.717) is 5.75 Å². The van der Waals surface area contributed by atoms with E-state index in [0.717, 1.165) is 0 Å². The number of phenolic OH excluding ortho intramolecular Hbond substituents is 1. The van der Waals surface area contributed by atoms with Crippen molar-refractivity contribution < 1.29 is 25.5 Å². The standard InChI is InChI=1S/C6H6O.C5H12O4/c7-6-4-2-1-3-5-6;6-1-5(2-7,3-8)4-9/h1-5,7H;6-9H,1-4H2. The van der Waals surface area contributed by atoms with Crippen molar-refractivity contribution in [2.75, 3.05) is 26.4 Å². The van der Waals surface area contributed by atoms with Crippen molar-refractivity contribution in [3.8, 4) is 5.75 Å². The van der Waals surface area contributed by atoms with Crippen molar-refractivity contribution in [3.05, 3.63) is 30.3 Å². The van der Waals surface area contributed by atoms with Crippen molar-refractivity contribution >= 4 is 0 Å². The Balaban J connectivity index is 0.000000288. The second kappa shape index (κ2) is 8.06. The molecule has 5 heteroatoms. The molecule has 0 saturated carbocycles. The van der Waals surface area contributed by atoms with Crippen LogP contribution in [0.2, 0.25) is 0 Å². The quantitative estimate of drug-likeness (QED) is 0.472. The summed E-state index contributed by atoms with van der Waals surface area (Å²) < 4.78 is 0. The van der Waals surface area contributed by atoms with Crippen molar-refractivity contribution in [2.24, 2.45) is 5.41 Å². The average Bonchev–Trinajstić information content (AvgIpc) is 2.35. The van der Waals surface area contributed by atoms with Crippen LogP contribution in [0.4, 0.5) is 0 Å². The van der Waals surface area contributed by atoms with Crippen molar-refractivity contribution in [2.45, 2.75) is 0 Å². The Labute approximate surface area is 94.2 Å². The molecule has 0 atom stereocenters. The molecule has 5 nitrogen and oxygen atoms in total. The third-order valence-corrected chi connectivity index (χ3v) is 2.10. The van der Waals surface area contributed by atoms with Gasteiger partial charge in [-0.15, -0.1) is 0 Å². The number of rotatable bonds is 4. The van der Waals surface area contributed by atoms with Gasteiger partial charge in [-0.1, -0.05) is 18.2 Å². The molecule has 0 spiro atoms. The van der Waals surface area contributed by atoms with Crippen molar-refractivity contribution in [1.82, 2.24) is 0 Å². The van der Waals surface area contributed by atoms with E-state index in [-0.39, 0.29) is 0 Å². The number of aliphatic hydroxyl groups is 4. The van der Waals surface area contributed by atoms with Crippen LogP contribution in [0.25, 0.3) is 0 Å². The van der Waals surface area contributed by atoms with Gasteiger partial charge in [0.05, 0.1) is 31.8 Å². The van der Waals surface area contributed by atoms with Crippen LogP contribution >= 0.6 is 0 Å². The normalized spacial score (nSPS) is 10.5. The fourth-order valence-electron chi connectivity index (χ4n) is 0.728. The van der Waals surface area contributed by atoms with Gasteiger partial charge in [-0.2, -0.15) is 0 Å². The molecule has 0 radical (unpaired) electrons. The summed E-state index contributed by atoms with van der Waals surface area (Å²) in [4.78, 5) is 0. The lowest BCUT2D eigenvalue weighted by Crippen LogP contribution is -2.37.